The molecule has 4 aliphatic rings. The Labute approximate surface area is 245 Å². The van der Waals surface area contributed by atoms with E-state index in [0.29, 0.717) is 67.0 Å². The van der Waals surface area contributed by atoms with Crippen molar-refractivity contribution in [1.82, 2.24) is 29.2 Å². The molecule has 1 aliphatic carbocycles. The van der Waals surface area contributed by atoms with Crippen LogP contribution in [0.15, 0.2) is 53.5 Å². The number of benzene rings is 1. The van der Waals surface area contributed by atoms with Crippen LogP contribution in [-0.2, 0) is 28.0 Å². The van der Waals surface area contributed by atoms with Crippen LogP contribution >= 0.6 is 0 Å². The molecule has 8 rings (SSSR count). The van der Waals surface area contributed by atoms with Gasteiger partial charge in [0.2, 0.25) is 5.95 Å². The molecule has 6 heterocycles. The second-order valence-electron chi connectivity index (χ2n) is 11.3. The number of pyridine rings is 1. The van der Waals surface area contributed by atoms with E-state index in [-0.39, 0.29) is 29.6 Å². The molecule has 1 fully saturated rings. The first-order valence-corrected chi connectivity index (χ1v) is 14.3. The number of ether oxygens (including phenoxy) is 2. The van der Waals surface area contributed by atoms with E-state index in [1.165, 1.54) is 18.9 Å². The summed E-state index contributed by atoms with van der Waals surface area (Å²) in [6.07, 6.45) is 7.74. The maximum absolute atomic E-state index is 13.5. The first kappa shape index (κ1) is 25.5. The van der Waals surface area contributed by atoms with Gasteiger partial charge in [-0.15, -0.1) is 0 Å². The van der Waals surface area contributed by atoms with Crippen molar-refractivity contribution in [1.29, 1.82) is 0 Å². The molecule has 2 amide bonds. The molecule has 0 unspecified atom stereocenters. The largest absolute Gasteiger partial charge is 0.480 e. The molecule has 218 valence electrons. The number of hydrogen-bond acceptors (Lipinski definition) is 9. The second-order valence-corrected chi connectivity index (χ2v) is 11.3. The van der Waals surface area contributed by atoms with Gasteiger partial charge in [-0.2, -0.15) is 4.98 Å². The van der Waals surface area contributed by atoms with Crippen molar-refractivity contribution in [3.05, 3.63) is 70.2 Å². The minimum Gasteiger partial charge on any atom is -0.480 e. The molecule has 1 aromatic carbocycles. The average molecular weight is 581 g/mol. The summed E-state index contributed by atoms with van der Waals surface area (Å²) >= 11 is 0. The third-order valence-electron chi connectivity index (χ3n) is 8.66. The monoisotopic (exact) mass is 580 g/mol. The van der Waals surface area contributed by atoms with Crippen LogP contribution < -0.4 is 20.5 Å². The Bertz CT molecular complexity index is 1920. The number of nitrogens with one attached hydrogen (secondary N) is 1. The van der Waals surface area contributed by atoms with Crippen LogP contribution in [0.2, 0.25) is 0 Å². The average Bonchev–Trinajstić information content (AvgIpc) is 3.73. The number of methoxy groups -OCH3 is 1. The van der Waals surface area contributed by atoms with Gasteiger partial charge in [0.1, 0.15) is 5.39 Å². The van der Waals surface area contributed by atoms with Gasteiger partial charge in [-0.05, 0) is 54.7 Å². The summed E-state index contributed by atoms with van der Waals surface area (Å²) in [6.45, 7) is 1.84. The minimum atomic E-state index is -0.327. The number of hydrogen-bond donors (Lipinski definition) is 1. The molecule has 43 heavy (non-hydrogen) atoms. The van der Waals surface area contributed by atoms with Gasteiger partial charge in [-0.3, -0.25) is 14.5 Å². The lowest BCUT2D eigenvalue weighted by Crippen LogP contribution is -2.41. The molecule has 13 nitrogen and oxygen atoms in total. The highest BCUT2D eigenvalue weighted by Crippen LogP contribution is 2.52. The fourth-order valence-corrected chi connectivity index (χ4v) is 6.40. The third-order valence-corrected chi connectivity index (χ3v) is 8.66. The zero-order valence-electron chi connectivity index (χ0n) is 23.4. The zero-order valence-corrected chi connectivity index (χ0v) is 23.4. The van der Waals surface area contributed by atoms with E-state index in [2.05, 4.69) is 16.4 Å². The summed E-state index contributed by atoms with van der Waals surface area (Å²) in [6, 6.07) is 9.65. The van der Waals surface area contributed by atoms with Gasteiger partial charge in [-0.1, -0.05) is 18.2 Å². The number of fused-ring (bicyclic) bond motifs is 7. The highest BCUT2D eigenvalue weighted by atomic mass is 16.5. The van der Waals surface area contributed by atoms with Gasteiger partial charge in [0, 0.05) is 36.9 Å². The first-order chi connectivity index (χ1) is 20.9. The van der Waals surface area contributed by atoms with Crippen molar-refractivity contribution < 1.29 is 19.1 Å². The predicted octanol–water partition coefficient (Wildman–Crippen LogP) is 3.02. The van der Waals surface area contributed by atoms with Crippen LogP contribution in [0.4, 0.5) is 22.2 Å². The van der Waals surface area contributed by atoms with Crippen molar-refractivity contribution >= 4 is 40.5 Å². The number of anilines is 3. The number of allylic oxidation sites excluding steroid dienone is 1. The van der Waals surface area contributed by atoms with Crippen molar-refractivity contribution in [3.63, 3.8) is 0 Å². The van der Waals surface area contributed by atoms with Crippen LogP contribution in [0.25, 0.3) is 16.9 Å². The van der Waals surface area contributed by atoms with Crippen molar-refractivity contribution in [2.75, 3.05) is 37.0 Å². The second kappa shape index (κ2) is 9.41. The Hall–Kier alpha value is -5.20. The molecule has 1 saturated carbocycles. The molecule has 1 spiro atoms. The summed E-state index contributed by atoms with van der Waals surface area (Å²) in [5.41, 5.74) is 3.21. The first-order valence-electron chi connectivity index (χ1n) is 14.3. The third kappa shape index (κ3) is 4.06. The fourth-order valence-electron chi connectivity index (χ4n) is 6.40. The quantitative estimate of drug-likeness (QED) is 0.355. The van der Waals surface area contributed by atoms with Crippen LogP contribution in [0.1, 0.15) is 30.4 Å². The highest BCUT2D eigenvalue weighted by molar-refractivity contribution is 5.96. The van der Waals surface area contributed by atoms with Gasteiger partial charge in [0.05, 0.1) is 13.7 Å². The Balaban J connectivity index is 1.20. The summed E-state index contributed by atoms with van der Waals surface area (Å²) in [5, 5.41) is 3.63. The highest BCUT2D eigenvalue weighted by Gasteiger charge is 2.50. The van der Waals surface area contributed by atoms with E-state index in [1.807, 2.05) is 24.3 Å². The molecule has 0 radical (unpaired) electrons. The molecule has 2 bridgehead atoms. The van der Waals surface area contributed by atoms with E-state index in [9.17, 15) is 14.4 Å². The number of amides is 2. The normalized spacial score (nSPS) is 18.8. The lowest BCUT2D eigenvalue weighted by molar-refractivity contribution is -0.121. The van der Waals surface area contributed by atoms with Gasteiger partial charge < -0.3 is 19.7 Å². The standard InChI is InChI=1S/C30H28N8O5/c1-42-29(41)35-15-18-13-19(5-6-21(18)30(17-35)9-10-30)32-28-31-14-20-25(34-28)38-23-8-7-22-26(33-23)36(24(39)16-43-22)11-3-2-4-12-37(38)27(20)40/h2,4-8,13-14H,3,9-12,15-17H2,1H3,(H,31,32,34)/b4-2+. The molecule has 0 saturated heterocycles. The minimum absolute atomic E-state index is 0.00227. The summed E-state index contributed by atoms with van der Waals surface area (Å²) in [5.74, 6) is 1.50. The molecule has 1 N–H and O–H groups in total. The SMILES string of the molecule is COC(=O)N1Cc2cc(Nc3ncc4c(=O)n5n(c4n3)-c3ccc4c(n3)N(CC/C=C/C5)C(=O)CO4)ccc2C2(CC2)C1. The van der Waals surface area contributed by atoms with E-state index < -0.39 is 0 Å². The van der Waals surface area contributed by atoms with E-state index in [4.69, 9.17) is 19.4 Å². The van der Waals surface area contributed by atoms with Gasteiger partial charge in [-0.25, -0.2) is 24.1 Å². The molecule has 3 aliphatic heterocycles. The van der Waals surface area contributed by atoms with Crippen molar-refractivity contribution in [2.24, 2.45) is 0 Å². The van der Waals surface area contributed by atoms with Crippen LogP contribution in [0.3, 0.4) is 0 Å². The van der Waals surface area contributed by atoms with Crippen molar-refractivity contribution in [3.8, 4) is 11.6 Å². The lowest BCUT2D eigenvalue weighted by atomic mass is 9.87. The van der Waals surface area contributed by atoms with Gasteiger partial charge in [0.25, 0.3) is 11.5 Å². The molecule has 13 heteroatoms. The fraction of sp³-hybridized carbons (Fsp3) is 0.333. The number of carbonyl (C=O) groups excluding carboxylic acids is 2. The number of rotatable bonds is 2. The van der Waals surface area contributed by atoms with Crippen LogP contribution in [0, 0.1) is 0 Å². The molecular weight excluding hydrogens is 552 g/mol. The molecule has 4 aromatic rings. The predicted molar refractivity (Wildman–Crippen MR) is 156 cm³/mol. The van der Waals surface area contributed by atoms with E-state index in [0.717, 1.165) is 24.1 Å². The smallest absolute Gasteiger partial charge is 0.409 e. The maximum Gasteiger partial charge on any atom is 0.409 e. The summed E-state index contributed by atoms with van der Waals surface area (Å²) < 4.78 is 13.9. The molecule has 3 aromatic heterocycles. The maximum atomic E-state index is 13.5. The van der Waals surface area contributed by atoms with Crippen molar-refractivity contribution in [2.45, 2.75) is 37.8 Å². The Morgan fingerprint density at radius 3 is 2.84 bits per heavy atom. The van der Waals surface area contributed by atoms with Crippen LogP contribution in [0.5, 0.6) is 5.75 Å². The number of carbonyl (C=O) groups is 2. The Morgan fingerprint density at radius 2 is 2.00 bits per heavy atom. The van der Waals surface area contributed by atoms with Gasteiger partial charge >= 0.3 is 6.09 Å². The Kier molecular flexibility index (Phi) is 5.58. The summed E-state index contributed by atoms with van der Waals surface area (Å²) in [4.78, 5) is 55.9. The summed E-state index contributed by atoms with van der Waals surface area (Å²) in [7, 11) is 1.41. The van der Waals surface area contributed by atoms with E-state index in [1.54, 1.807) is 31.3 Å². The van der Waals surface area contributed by atoms with Gasteiger partial charge in [0.15, 0.2) is 29.6 Å². The molecule has 0 atom stereocenters. The molecular formula is C30H28N8O5. The van der Waals surface area contributed by atoms with Crippen LogP contribution in [-0.4, -0.2) is 68.0 Å². The lowest BCUT2D eigenvalue weighted by Gasteiger charge is -2.34. The number of nitrogens with zero attached hydrogens (tertiary/aromatic N) is 7. The zero-order chi connectivity index (χ0) is 29.3. The van der Waals surface area contributed by atoms with E-state index >= 15 is 0 Å². The Morgan fingerprint density at radius 1 is 1.12 bits per heavy atom. The number of aromatic nitrogens is 5. The topological polar surface area (TPSA) is 137 Å².